The van der Waals surface area contributed by atoms with E-state index in [9.17, 15) is 14.4 Å². The molecular formula is C11H8N2O4. The summed E-state index contributed by atoms with van der Waals surface area (Å²) in [6.07, 6.45) is 1.11. The zero-order valence-corrected chi connectivity index (χ0v) is 8.58. The Hall–Kier alpha value is -2.63. The lowest BCUT2D eigenvalue weighted by molar-refractivity contribution is 0.0954. The van der Waals surface area contributed by atoms with Crippen molar-refractivity contribution in [2.75, 3.05) is 0 Å². The van der Waals surface area contributed by atoms with Crippen LogP contribution in [-0.2, 0) is 0 Å². The van der Waals surface area contributed by atoms with Gasteiger partial charge in [0.15, 0.2) is 0 Å². The van der Waals surface area contributed by atoms with Crippen LogP contribution in [0.15, 0.2) is 46.1 Å². The Labute approximate surface area is 94.8 Å². The molecule has 0 saturated carbocycles. The summed E-state index contributed by atoms with van der Waals surface area (Å²) in [6.45, 7) is 0. The SMILES string of the molecule is O=C(c1ccc(O)cc1)n1ccc(=O)[nH]c1=O. The van der Waals surface area contributed by atoms with Crippen molar-refractivity contribution in [2.45, 2.75) is 0 Å². The number of nitrogens with zero attached hydrogens (tertiary/aromatic N) is 1. The molecule has 17 heavy (non-hydrogen) atoms. The van der Waals surface area contributed by atoms with E-state index in [0.717, 1.165) is 16.8 Å². The normalized spacial score (nSPS) is 10.1. The van der Waals surface area contributed by atoms with E-state index in [1.807, 2.05) is 4.98 Å². The van der Waals surface area contributed by atoms with Crippen molar-refractivity contribution in [3.63, 3.8) is 0 Å². The summed E-state index contributed by atoms with van der Waals surface area (Å²) in [4.78, 5) is 36.0. The molecule has 6 heteroatoms. The van der Waals surface area contributed by atoms with E-state index in [4.69, 9.17) is 5.11 Å². The fourth-order valence-electron chi connectivity index (χ4n) is 1.32. The van der Waals surface area contributed by atoms with Crippen molar-refractivity contribution in [3.8, 4) is 5.75 Å². The third kappa shape index (κ3) is 2.15. The van der Waals surface area contributed by atoms with Crippen LogP contribution in [0.1, 0.15) is 10.4 Å². The third-order valence-corrected chi connectivity index (χ3v) is 2.16. The molecule has 2 N–H and O–H groups in total. The first kappa shape index (κ1) is 10.9. The van der Waals surface area contributed by atoms with Crippen LogP contribution >= 0.6 is 0 Å². The summed E-state index contributed by atoms with van der Waals surface area (Å²) in [7, 11) is 0. The molecule has 0 unspecified atom stereocenters. The number of rotatable bonds is 1. The first-order chi connectivity index (χ1) is 8.08. The number of hydrogen-bond acceptors (Lipinski definition) is 4. The molecule has 1 aromatic carbocycles. The Balaban J connectivity index is 2.47. The molecule has 0 aliphatic carbocycles. The van der Waals surface area contributed by atoms with E-state index >= 15 is 0 Å². The van der Waals surface area contributed by atoms with Crippen molar-refractivity contribution in [2.24, 2.45) is 0 Å². The highest BCUT2D eigenvalue weighted by atomic mass is 16.3. The van der Waals surface area contributed by atoms with Gasteiger partial charge in [-0.3, -0.25) is 14.6 Å². The molecular weight excluding hydrogens is 224 g/mol. The number of aromatic hydroxyl groups is 1. The second kappa shape index (κ2) is 4.09. The highest BCUT2D eigenvalue weighted by molar-refractivity contribution is 5.95. The molecule has 0 amide bonds. The van der Waals surface area contributed by atoms with E-state index in [-0.39, 0.29) is 11.3 Å². The van der Waals surface area contributed by atoms with Crippen molar-refractivity contribution in [3.05, 3.63) is 62.9 Å². The zero-order valence-electron chi connectivity index (χ0n) is 8.58. The summed E-state index contributed by atoms with van der Waals surface area (Å²) >= 11 is 0. The highest BCUT2D eigenvalue weighted by Gasteiger charge is 2.09. The van der Waals surface area contributed by atoms with Crippen molar-refractivity contribution >= 4 is 5.91 Å². The molecule has 0 fully saturated rings. The Morgan fingerprint density at radius 2 is 1.76 bits per heavy atom. The maximum absolute atomic E-state index is 11.8. The lowest BCUT2D eigenvalue weighted by Crippen LogP contribution is -2.33. The van der Waals surface area contributed by atoms with Crippen molar-refractivity contribution in [1.29, 1.82) is 0 Å². The fraction of sp³-hybridized carbons (Fsp3) is 0. The van der Waals surface area contributed by atoms with Gasteiger partial charge in [0.1, 0.15) is 5.75 Å². The largest absolute Gasteiger partial charge is 0.508 e. The lowest BCUT2D eigenvalue weighted by atomic mass is 10.2. The lowest BCUT2D eigenvalue weighted by Gasteiger charge is -2.02. The van der Waals surface area contributed by atoms with Crippen LogP contribution in [0.2, 0.25) is 0 Å². The van der Waals surface area contributed by atoms with Crippen LogP contribution in [-0.4, -0.2) is 20.6 Å². The summed E-state index contributed by atoms with van der Waals surface area (Å²) in [5.41, 5.74) is -1.13. The van der Waals surface area contributed by atoms with Gasteiger partial charge in [-0.05, 0) is 24.3 Å². The van der Waals surface area contributed by atoms with E-state index in [2.05, 4.69) is 0 Å². The number of phenols is 1. The maximum atomic E-state index is 11.8. The smallest absolute Gasteiger partial charge is 0.335 e. The predicted octanol–water partition coefficient (Wildman–Crippen LogP) is -0.0693. The molecule has 1 aromatic heterocycles. The van der Waals surface area contributed by atoms with Crippen LogP contribution in [0.25, 0.3) is 0 Å². The van der Waals surface area contributed by atoms with Gasteiger partial charge in [0, 0.05) is 17.8 Å². The average molecular weight is 232 g/mol. The molecule has 2 aromatic rings. The first-order valence-corrected chi connectivity index (χ1v) is 4.73. The summed E-state index contributed by atoms with van der Waals surface area (Å²) < 4.78 is 0.785. The molecule has 0 aliphatic heterocycles. The monoisotopic (exact) mass is 232 g/mol. The van der Waals surface area contributed by atoms with Gasteiger partial charge in [-0.15, -0.1) is 0 Å². The van der Waals surface area contributed by atoms with Crippen LogP contribution in [0.5, 0.6) is 5.75 Å². The van der Waals surface area contributed by atoms with Gasteiger partial charge in [0.25, 0.3) is 11.5 Å². The molecule has 0 spiro atoms. The summed E-state index contributed by atoms with van der Waals surface area (Å²) in [5.74, 6) is -0.554. The number of aromatic amines is 1. The second-order valence-electron chi connectivity index (χ2n) is 3.33. The van der Waals surface area contributed by atoms with Gasteiger partial charge in [0.2, 0.25) is 0 Å². The minimum absolute atomic E-state index is 0.0235. The van der Waals surface area contributed by atoms with Crippen LogP contribution in [0.4, 0.5) is 0 Å². The Morgan fingerprint density at radius 1 is 1.12 bits per heavy atom. The van der Waals surface area contributed by atoms with Gasteiger partial charge in [0.05, 0.1) is 0 Å². The van der Waals surface area contributed by atoms with Gasteiger partial charge in [-0.25, -0.2) is 9.36 Å². The molecule has 0 atom stereocenters. The van der Waals surface area contributed by atoms with Crippen LogP contribution in [0.3, 0.4) is 0 Å². The van der Waals surface area contributed by atoms with Crippen LogP contribution in [0, 0.1) is 0 Å². The maximum Gasteiger partial charge on any atom is 0.335 e. The van der Waals surface area contributed by atoms with Gasteiger partial charge < -0.3 is 5.11 Å². The summed E-state index contributed by atoms with van der Waals surface area (Å²) in [6, 6.07) is 6.53. The number of aromatic nitrogens is 2. The topological polar surface area (TPSA) is 92.2 Å². The van der Waals surface area contributed by atoms with E-state index < -0.39 is 17.2 Å². The van der Waals surface area contributed by atoms with E-state index in [1.54, 1.807) is 0 Å². The quantitative estimate of drug-likeness (QED) is 0.719. The zero-order chi connectivity index (χ0) is 12.4. The standard InChI is InChI=1S/C11H8N2O4/c14-8-3-1-7(2-4-8)10(16)13-6-5-9(15)12-11(13)17/h1-6,14H,(H,12,15,17). The summed E-state index contributed by atoms with van der Waals surface area (Å²) in [5, 5.41) is 9.07. The highest BCUT2D eigenvalue weighted by Crippen LogP contribution is 2.09. The molecule has 0 radical (unpaired) electrons. The number of carbonyl (C=O) groups is 1. The number of hydrogen-bond donors (Lipinski definition) is 2. The molecule has 0 aliphatic rings. The number of carbonyl (C=O) groups excluding carboxylic acids is 1. The predicted molar refractivity (Wildman–Crippen MR) is 59.2 cm³/mol. The van der Waals surface area contributed by atoms with Gasteiger partial charge in [-0.1, -0.05) is 0 Å². The third-order valence-electron chi connectivity index (χ3n) is 2.16. The Bertz CT molecular complexity index is 667. The number of nitrogens with one attached hydrogen (secondary N) is 1. The van der Waals surface area contributed by atoms with Crippen LogP contribution < -0.4 is 11.2 Å². The van der Waals surface area contributed by atoms with E-state index in [0.29, 0.717) is 0 Å². The number of H-pyrrole nitrogens is 1. The molecule has 1 heterocycles. The molecule has 2 rings (SSSR count). The Morgan fingerprint density at radius 3 is 2.35 bits per heavy atom. The average Bonchev–Trinajstić information content (AvgIpc) is 2.29. The minimum atomic E-state index is -0.796. The van der Waals surface area contributed by atoms with Gasteiger partial charge in [-0.2, -0.15) is 0 Å². The minimum Gasteiger partial charge on any atom is -0.508 e. The second-order valence-corrected chi connectivity index (χ2v) is 3.33. The molecule has 6 nitrogen and oxygen atoms in total. The number of benzene rings is 1. The van der Waals surface area contributed by atoms with Gasteiger partial charge >= 0.3 is 5.69 Å². The fourth-order valence-corrected chi connectivity index (χ4v) is 1.32. The Kier molecular flexibility index (Phi) is 2.61. The molecule has 0 saturated heterocycles. The molecule has 0 bridgehead atoms. The van der Waals surface area contributed by atoms with Crippen molar-refractivity contribution < 1.29 is 9.90 Å². The van der Waals surface area contributed by atoms with E-state index in [1.165, 1.54) is 24.3 Å². The van der Waals surface area contributed by atoms with Crippen molar-refractivity contribution in [1.82, 2.24) is 9.55 Å². The first-order valence-electron chi connectivity index (χ1n) is 4.73. The number of phenolic OH excluding ortho intramolecular Hbond substituents is 1. The molecule has 86 valence electrons.